The van der Waals surface area contributed by atoms with Crippen molar-refractivity contribution in [3.8, 4) is 50.6 Å². The molecule has 0 amide bonds. The monoisotopic (exact) mass is 645 g/mol. The Morgan fingerprint density at radius 3 is 1.75 bits per heavy atom. The molecule has 3 heteroatoms. The summed E-state index contributed by atoms with van der Waals surface area (Å²) in [5.41, 5.74) is 18.2. The standard InChI is InChI=1S/C48H27N3/c49-28-29-20-22-36-37-23-21-31(26-43(37)48(42(36)24-29)40-16-5-3-13-34(40)35-14-4-6-17-41(35)48)30-10-9-11-32(25-30)39-27-46-47(38-15-2-1-12-33(38)39)51-45-19-8-7-18-44(45)50-46/h1-27H. The molecule has 0 bridgehead atoms. The first-order chi connectivity index (χ1) is 25.2. The average Bonchev–Trinajstić information content (AvgIpc) is 3.66. The maximum atomic E-state index is 10.0. The Kier molecular flexibility index (Phi) is 5.66. The zero-order valence-corrected chi connectivity index (χ0v) is 27.4. The fourth-order valence-corrected chi connectivity index (χ4v) is 8.94. The van der Waals surface area contributed by atoms with Crippen molar-refractivity contribution in [1.82, 2.24) is 9.97 Å². The van der Waals surface area contributed by atoms with Gasteiger partial charge < -0.3 is 0 Å². The zero-order chi connectivity index (χ0) is 33.7. The van der Waals surface area contributed by atoms with Crippen molar-refractivity contribution in [2.45, 2.75) is 5.41 Å². The molecule has 0 saturated heterocycles. The first-order valence-electron chi connectivity index (χ1n) is 17.3. The van der Waals surface area contributed by atoms with Gasteiger partial charge in [-0.15, -0.1) is 0 Å². The molecule has 1 aromatic heterocycles. The predicted molar refractivity (Wildman–Crippen MR) is 206 cm³/mol. The summed E-state index contributed by atoms with van der Waals surface area (Å²) >= 11 is 0. The molecule has 3 nitrogen and oxygen atoms in total. The van der Waals surface area contributed by atoms with Crippen molar-refractivity contribution in [2.75, 3.05) is 0 Å². The van der Waals surface area contributed by atoms with Crippen LogP contribution in [0.3, 0.4) is 0 Å². The maximum Gasteiger partial charge on any atom is 0.0991 e. The van der Waals surface area contributed by atoms with Gasteiger partial charge in [0.25, 0.3) is 0 Å². The van der Waals surface area contributed by atoms with E-state index in [0.29, 0.717) is 5.56 Å². The Hall–Kier alpha value is -6.89. The second-order valence-electron chi connectivity index (χ2n) is 13.6. The van der Waals surface area contributed by atoms with Crippen molar-refractivity contribution in [3.05, 3.63) is 192 Å². The van der Waals surface area contributed by atoms with Gasteiger partial charge in [-0.1, -0.05) is 121 Å². The molecule has 0 aliphatic heterocycles. The number of nitrogens with zero attached hydrogens (tertiary/aromatic N) is 3. The number of hydrogen-bond donors (Lipinski definition) is 0. The largest absolute Gasteiger partial charge is 0.244 e. The fraction of sp³-hybridized carbons (Fsp3) is 0.0208. The van der Waals surface area contributed by atoms with Gasteiger partial charge in [0.2, 0.25) is 0 Å². The van der Waals surface area contributed by atoms with Crippen LogP contribution in [0.15, 0.2) is 164 Å². The maximum absolute atomic E-state index is 10.0. The van der Waals surface area contributed by atoms with E-state index in [1.807, 2.05) is 30.3 Å². The second-order valence-corrected chi connectivity index (χ2v) is 13.6. The van der Waals surface area contributed by atoms with Crippen LogP contribution in [0, 0.1) is 11.3 Å². The number of para-hydroxylation sites is 2. The summed E-state index contributed by atoms with van der Waals surface area (Å²) in [7, 11) is 0. The highest BCUT2D eigenvalue weighted by atomic mass is 14.8. The molecular weight excluding hydrogens is 619 g/mol. The third kappa shape index (κ3) is 3.76. The molecule has 0 fully saturated rings. The van der Waals surface area contributed by atoms with E-state index >= 15 is 0 Å². The van der Waals surface area contributed by atoms with Crippen LogP contribution >= 0.6 is 0 Å². The minimum atomic E-state index is -0.520. The lowest BCUT2D eigenvalue weighted by Crippen LogP contribution is -2.26. The van der Waals surface area contributed by atoms with Crippen LogP contribution in [0.2, 0.25) is 0 Å². The normalized spacial score (nSPS) is 13.2. The van der Waals surface area contributed by atoms with Gasteiger partial charge in [-0.3, -0.25) is 0 Å². The Morgan fingerprint density at radius 1 is 0.392 bits per heavy atom. The number of nitriles is 1. The van der Waals surface area contributed by atoms with E-state index in [2.05, 4.69) is 140 Å². The van der Waals surface area contributed by atoms with E-state index in [1.54, 1.807) is 0 Å². The van der Waals surface area contributed by atoms with Crippen molar-refractivity contribution in [1.29, 1.82) is 5.26 Å². The Labute approximate surface area is 294 Å². The Morgan fingerprint density at radius 2 is 0.980 bits per heavy atom. The third-order valence-corrected chi connectivity index (χ3v) is 11.1. The molecule has 0 saturated carbocycles. The number of benzene rings is 8. The second kappa shape index (κ2) is 10.3. The van der Waals surface area contributed by atoms with Gasteiger partial charge in [0.05, 0.1) is 39.1 Å². The number of rotatable bonds is 2. The third-order valence-electron chi connectivity index (χ3n) is 11.1. The van der Waals surface area contributed by atoms with Crippen LogP contribution < -0.4 is 0 Å². The molecule has 1 spiro atoms. The SMILES string of the molecule is N#Cc1ccc2c(c1)C1(c3ccccc3-c3ccccc31)c1cc(-c3cccc(-c4cc5nc6ccccc6nc5c5ccccc45)c3)ccc1-2. The lowest BCUT2D eigenvalue weighted by Gasteiger charge is -2.30. The Balaban J connectivity index is 1.14. The van der Waals surface area contributed by atoms with Crippen molar-refractivity contribution >= 4 is 32.8 Å². The van der Waals surface area contributed by atoms with Crippen LogP contribution in [0.25, 0.3) is 77.3 Å². The molecule has 11 rings (SSSR count). The van der Waals surface area contributed by atoms with E-state index in [9.17, 15) is 5.26 Å². The van der Waals surface area contributed by atoms with Crippen molar-refractivity contribution in [3.63, 3.8) is 0 Å². The minimum Gasteiger partial charge on any atom is -0.244 e. The van der Waals surface area contributed by atoms with Gasteiger partial charge in [-0.05, 0) is 115 Å². The topological polar surface area (TPSA) is 49.6 Å². The van der Waals surface area contributed by atoms with Crippen LogP contribution in [0.1, 0.15) is 27.8 Å². The van der Waals surface area contributed by atoms with Gasteiger partial charge in [0, 0.05) is 5.39 Å². The first-order valence-corrected chi connectivity index (χ1v) is 17.3. The minimum absolute atomic E-state index is 0.520. The van der Waals surface area contributed by atoms with Crippen LogP contribution in [-0.2, 0) is 5.41 Å². The van der Waals surface area contributed by atoms with E-state index < -0.39 is 5.41 Å². The molecule has 0 radical (unpaired) electrons. The summed E-state index contributed by atoms with van der Waals surface area (Å²) in [6, 6.07) is 60.8. The van der Waals surface area contributed by atoms with Gasteiger partial charge in [-0.2, -0.15) is 5.26 Å². The molecule has 9 aromatic rings. The van der Waals surface area contributed by atoms with E-state index in [4.69, 9.17) is 9.97 Å². The summed E-state index contributed by atoms with van der Waals surface area (Å²) in [5.74, 6) is 0. The molecule has 0 unspecified atom stereocenters. The summed E-state index contributed by atoms with van der Waals surface area (Å²) in [6.45, 7) is 0. The lowest BCUT2D eigenvalue weighted by atomic mass is 9.70. The number of fused-ring (bicyclic) bond motifs is 14. The zero-order valence-electron chi connectivity index (χ0n) is 27.4. The molecule has 1 heterocycles. The molecule has 234 valence electrons. The van der Waals surface area contributed by atoms with Gasteiger partial charge in [0.15, 0.2) is 0 Å². The molecule has 0 atom stereocenters. The van der Waals surface area contributed by atoms with Gasteiger partial charge in [-0.25, -0.2) is 9.97 Å². The predicted octanol–water partition coefficient (Wildman–Crippen LogP) is 11.5. The van der Waals surface area contributed by atoms with Crippen LogP contribution in [0.4, 0.5) is 0 Å². The van der Waals surface area contributed by atoms with E-state index in [1.165, 1.54) is 44.5 Å². The number of aromatic nitrogens is 2. The number of hydrogen-bond acceptors (Lipinski definition) is 3. The highest BCUT2D eigenvalue weighted by Gasteiger charge is 2.51. The van der Waals surface area contributed by atoms with Crippen LogP contribution in [0.5, 0.6) is 0 Å². The lowest BCUT2D eigenvalue weighted by molar-refractivity contribution is 0.793. The van der Waals surface area contributed by atoms with E-state index in [0.717, 1.165) is 55.1 Å². The Bertz CT molecular complexity index is 2960. The average molecular weight is 646 g/mol. The van der Waals surface area contributed by atoms with Crippen molar-refractivity contribution < 1.29 is 0 Å². The summed E-state index contributed by atoms with van der Waals surface area (Å²) < 4.78 is 0. The van der Waals surface area contributed by atoms with Gasteiger partial charge >= 0.3 is 0 Å². The quantitative estimate of drug-likeness (QED) is 0.139. The smallest absolute Gasteiger partial charge is 0.0991 e. The molecule has 2 aliphatic rings. The molecule has 51 heavy (non-hydrogen) atoms. The summed E-state index contributed by atoms with van der Waals surface area (Å²) in [5, 5.41) is 12.3. The fourth-order valence-electron chi connectivity index (χ4n) is 8.94. The molecule has 0 N–H and O–H groups in total. The summed E-state index contributed by atoms with van der Waals surface area (Å²) in [6.07, 6.45) is 0. The highest BCUT2D eigenvalue weighted by Crippen LogP contribution is 2.63. The molecule has 8 aromatic carbocycles. The van der Waals surface area contributed by atoms with E-state index in [-0.39, 0.29) is 0 Å². The highest BCUT2D eigenvalue weighted by molar-refractivity contribution is 6.12. The van der Waals surface area contributed by atoms with Crippen molar-refractivity contribution in [2.24, 2.45) is 0 Å². The van der Waals surface area contributed by atoms with Gasteiger partial charge in [0.1, 0.15) is 0 Å². The first kappa shape index (κ1) is 28.0. The molecule has 2 aliphatic carbocycles. The molecular formula is C48H27N3. The van der Waals surface area contributed by atoms with Crippen LogP contribution in [-0.4, -0.2) is 9.97 Å². The summed E-state index contributed by atoms with van der Waals surface area (Å²) in [4.78, 5) is 10.1.